The van der Waals surface area contributed by atoms with Gasteiger partial charge in [-0.25, -0.2) is 14.2 Å². The number of rotatable bonds is 4. The van der Waals surface area contributed by atoms with Gasteiger partial charge < -0.3 is 10.8 Å². The summed E-state index contributed by atoms with van der Waals surface area (Å²) in [5.74, 6) is -1.06. The second-order valence-electron chi connectivity index (χ2n) is 9.73. The first-order chi connectivity index (χ1) is 16.8. The number of pyridine rings is 1. The molecule has 3 heterocycles. The summed E-state index contributed by atoms with van der Waals surface area (Å²) in [4.78, 5) is 20.8. The van der Waals surface area contributed by atoms with E-state index in [1.807, 2.05) is 42.5 Å². The number of aromatic nitrogens is 4. The fourth-order valence-electron chi connectivity index (χ4n) is 5.63. The number of carboxylic acid groups (broad SMARTS) is 1. The third-order valence-electron chi connectivity index (χ3n) is 7.86. The van der Waals surface area contributed by atoms with Crippen LogP contribution in [0.4, 0.5) is 10.2 Å². The fourth-order valence-corrected chi connectivity index (χ4v) is 5.63. The van der Waals surface area contributed by atoms with Crippen LogP contribution in [0.15, 0.2) is 54.9 Å². The van der Waals surface area contributed by atoms with E-state index in [-0.39, 0.29) is 12.3 Å². The number of nitrogen functional groups attached to an aromatic ring is 1. The van der Waals surface area contributed by atoms with Crippen molar-refractivity contribution in [3.8, 4) is 22.4 Å². The standard InChI is InChI=1S/C26H23BFN5O2/c27-20-21(16-8-10-25(11-9-16)14-26(25,28)24(34)35)32-23-18(13-31-33(23)22(20)29)17-6-7-19(30-12-17)15-4-2-1-3-5-15/h1-7,12-13,16H,8-11,14,29H2,(H,34,35). The van der Waals surface area contributed by atoms with Gasteiger partial charge in [-0.3, -0.25) is 4.98 Å². The first-order valence-corrected chi connectivity index (χ1v) is 11.7. The van der Waals surface area contributed by atoms with Gasteiger partial charge in [-0.1, -0.05) is 36.4 Å². The van der Waals surface area contributed by atoms with Crippen LogP contribution in [0, 0.1) is 5.41 Å². The first kappa shape index (κ1) is 21.8. The Morgan fingerprint density at radius 1 is 1.11 bits per heavy atom. The van der Waals surface area contributed by atoms with Crippen molar-refractivity contribution < 1.29 is 14.3 Å². The summed E-state index contributed by atoms with van der Waals surface area (Å²) in [6, 6.07) is 13.9. The molecule has 2 aliphatic rings. The van der Waals surface area contributed by atoms with E-state index in [4.69, 9.17) is 18.6 Å². The second-order valence-corrected chi connectivity index (χ2v) is 9.73. The molecule has 1 unspecified atom stereocenters. The lowest BCUT2D eigenvalue weighted by atomic mass is 9.74. The molecule has 0 amide bonds. The van der Waals surface area contributed by atoms with Crippen molar-refractivity contribution in [3.05, 3.63) is 60.6 Å². The Labute approximate surface area is 202 Å². The second kappa shape index (κ2) is 7.63. The average molecular weight is 467 g/mol. The van der Waals surface area contributed by atoms with Crippen molar-refractivity contribution in [2.75, 3.05) is 5.73 Å². The Kier molecular flexibility index (Phi) is 4.75. The van der Waals surface area contributed by atoms with Crippen LogP contribution in [0.2, 0.25) is 0 Å². The van der Waals surface area contributed by atoms with Crippen molar-refractivity contribution in [1.29, 1.82) is 0 Å². The normalized spacial score (nSPS) is 25.7. The van der Waals surface area contributed by atoms with Crippen molar-refractivity contribution in [2.24, 2.45) is 5.41 Å². The van der Waals surface area contributed by atoms with E-state index in [1.54, 1.807) is 12.4 Å². The molecule has 0 bridgehead atoms. The Hall–Kier alpha value is -3.75. The largest absolute Gasteiger partial charge is 0.479 e. The van der Waals surface area contributed by atoms with Gasteiger partial charge in [-0.05, 0) is 37.2 Å². The van der Waals surface area contributed by atoms with Crippen molar-refractivity contribution >= 4 is 30.7 Å². The van der Waals surface area contributed by atoms with Crippen LogP contribution in [0.1, 0.15) is 43.7 Å². The summed E-state index contributed by atoms with van der Waals surface area (Å²) in [6.45, 7) is 0. The van der Waals surface area contributed by atoms with Gasteiger partial charge in [0.2, 0.25) is 5.67 Å². The molecule has 35 heavy (non-hydrogen) atoms. The minimum atomic E-state index is -2.10. The Morgan fingerprint density at radius 2 is 1.86 bits per heavy atom. The molecule has 174 valence electrons. The molecule has 0 aliphatic heterocycles. The molecule has 2 saturated carbocycles. The molecular formula is C26H23BFN5O2. The zero-order chi connectivity index (χ0) is 24.4. The molecule has 2 radical (unpaired) electrons. The Bertz CT molecular complexity index is 1450. The van der Waals surface area contributed by atoms with Crippen LogP contribution in [0.3, 0.4) is 0 Å². The molecule has 3 N–H and O–H groups in total. The van der Waals surface area contributed by atoms with E-state index >= 15 is 0 Å². The van der Waals surface area contributed by atoms with Crippen LogP contribution < -0.4 is 11.2 Å². The number of halogens is 1. The number of alkyl halides is 1. The summed E-state index contributed by atoms with van der Waals surface area (Å²) < 4.78 is 16.2. The number of benzene rings is 1. The maximum absolute atomic E-state index is 14.7. The summed E-state index contributed by atoms with van der Waals surface area (Å²) in [5.41, 5.74) is 8.64. The molecule has 1 atom stereocenters. The van der Waals surface area contributed by atoms with Gasteiger partial charge in [-0.2, -0.15) is 9.61 Å². The number of carbonyl (C=O) groups is 1. The number of carboxylic acids is 1. The smallest absolute Gasteiger partial charge is 0.342 e. The monoisotopic (exact) mass is 467 g/mol. The topological polar surface area (TPSA) is 106 Å². The fraction of sp³-hybridized carbons (Fsp3) is 0.308. The number of fused-ring (bicyclic) bond motifs is 1. The molecule has 9 heteroatoms. The van der Waals surface area contributed by atoms with Crippen molar-refractivity contribution in [3.63, 3.8) is 0 Å². The van der Waals surface area contributed by atoms with Crippen LogP contribution in [0.25, 0.3) is 28.0 Å². The summed E-state index contributed by atoms with van der Waals surface area (Å²) in [6.07, 6.45) is 5.78. The van der Waals surface area contributed by atoms with Gasteiger partial charge in [0, 0.05) is 46.3 Å². The number of hydrogen-bond donors (Lipinski definition) is 2. The number of nitrogens with zero attached hydrogens (tertiary/aromatic N) is 4. The highest BCUT2D eigenvalue weighted by Crippen LogP contribution is 2.67. The molecule has 1 spiro atoms. The highest BCUT2D eigenvalue weighted by Gasteiger charge is 2.73. The quantitative estimate of drug-likeness (QED) is 0.444. The number of anilines is 1. The lowest BCUT2D eigenvalue weighted by Gasteiger charge is -2.30. The number of hydrogen-bond acceptors (Lipinski definition) is 5. The predicted molar refractivity (Wildman–Crippen MR) is 131 cm³/mol. The van der Waals surface area contributed by atoms with E-state index < -0.39 is 17.1 Å². The van der Waals surface area contributed by atoms with Crippen molar-refractivity contribution in [1.82, 2.24) is 19.6 Å². The maximum atomic E-state index is 14.7. The molecule has 2 fully saturated rings. The van der Waals surface area contributed by atoms with Crippen LogP contribution in [-0.2, 0) is 4.79 Å². The third kappa shape index (κ3) is 3.25. The highest BCUT2D eigenvalue weighted by molar-refractivity contribution is 6.36. The van der Waals surface area contributed by atoms with Gasteiger partial charge in [0.15, 0.2) is 5.65 Å². The van der Waals surface area contributed by atoms with E-state index in [2.05, 4.69) is 10.1 Å². The summed E-state index contributed by atoms with van der Waals surface area (Å²) in [7, 11) is 6.37. The van der Waals surface area contributed by atoms with Crippen LogP contribution in [-0.4, -0.2) is 44.2 Å². The predicted octanol–water partition coefficient (Wildman–Crippen LogP) is 3.67. The molecule has 4 aromatic rings. The zero-order valence-corrected chi connectivity index (χ0v) is 19.0. The SMILES string of the molecule is [B]c1c(C2CCC3(CC2)CC3(F)C(=O)O)nc2c(-c3ccc(-c4ccccc4)nc3)cnn2c1N. The third-order valence-corrected chi connectivity index (χ3v) is 7.86. The van der Waals surface area contributed by atoms with E-state index in [9.17, 15) is 14.3 Å². The molecule has 7 nitrogen and oxygen atoms in total. The van der Waals surface area contributed by atoms with Gasteiger partial charge >= 0.3 is 5.97 Å². The van der Waals surface area contributed by atoms with Crippen LogP contribution >= 0.6 is 0 Å². The van der Waals surface area contributed by atoms with E-state index in [0.717, 1.165) is 22.4 Å². The minimum Gasteiger partial charge on any atom is -0.479 e. The van der Waals surface area contributed by atoms with Gasteiger partial charge in [-0.15, -0.1) is 0 Å². The molecule has 0 saturated heterocycles. The molecule has 3 aromatic heterocycles. The lowest BCUT2D eigenvalue weighted by Crippen LogP contribution is -2.31. The molecule has 1 aromatic carbocycles. The Morgan fingerprint density at radius 3 is 2.49 bits per heavy atom. The van der Waals surface area contributed by atoms with E-state index in [0.29, 0.717) is 48.3 Å². The number of aliphatic carboxylic acids is 1. The van der Waals surface area contributed by atoms with E-state index in [1.165, 1.54) is 4.52 Å². The first-order valence-electron chi connectivity index (χ1n) is 11.7. The number of nitrogens with two attached hydrogens (primary N) is 1. The highest BCUT2D eigenvalue weighted by atomic mass is 19.1. The maximum Gasteiger partial charge on any atom is 0.342 e. The Balaban J connectivity index is 1.32. The van der Waals surface area contributed by atoms with Gasteiger partial charge in [0.1, 0.15) is 13.7 Å². The van der Waals surface area contributed by atoms with Gasteiger partial charge in [0.05, 0.1) is 11.9 Å². The molecule has 2 aliphatic carbocycles. The summed E-state index contributed by atoms with van der Waals surface area (Å²) in [5, 5.41) is 13.7. The zero-order valence-electron chi connectivity index (χ0n) is 19.0. The van der Waals surface area contributed by atoms with Gasteiger partial charge in [0.25, 0.3) is 0 Å². The molecular weight excluding hydrogens is 444 g/mol. The average Bonchev–Trinajstić information content (AvgIpc) is 3.24. The van der Waals surface area contributed by atoms with Crippen LogP contribution in [0.5, 0.6) is 0 Å². The minimum absolute atomic E-state index is 0.0205. The lowest BCUT2D eigenvalue weighted by molar-refractivity contribution is -0.146. The van der Waals surface area contributed by atoms with Crippen molar-refractivity contribution in [2.45, 2.75) is 43.7 Å². The molecule has 6 rings (SSSR count). The summed E-state index contributed by atoms with van der Waals surface area (Å²) >= 11 is 0.